The van der Waals surface area contributed by atoms with E-state index in [-0.39, 0.29) is 36.5 Å². The average Bonchev–Trinajstić information content (AvgIpc) is 2.86. The topological polar surface area (TPSA) is 140 Å². The first-order valence-electron chi connectivity index (χ1n) is 10.5. The molecule has 0 unspecified atom stereocenters. The Hall–Kier alpha value is -4.53. The molecule has 0 aliphatic carbocycles. The zero-order valence-electron chi connectivity index (χ0n) is 18.8. The first-order chi connectivity index (χ1) is 16.6. The van der Waals surface area contributed by atoms with Gasteiger partial charge in [0.15, 0.2) is 0 Å². The van der Waals surface area contributed by atoms with Crippen LogP contribution in [0.4, 0.5) is 0 Å². The van der Waals surface area contributed by atoms with Crippen LogP contribution in [0.1, 0.15) is 38.0 Å². The van der Waals surface area contributed by atoms with Gasteiger partial charge in [0.1, 0.15) is 37.1 Å². The van der Waals surface area contributed by atoms with Crippen molar-refractivity contribution in [2.24, 2.45) is 5.41 Å². The van der Waals surface area contributed by atoms with Crippen molar-refractivity contribution in [1.29, 1.82) is 0 Å². The van der Waals surface area contributed by atoms with Crippen LogP contribution in [-0.4, -0.2) is 53.0 Å². The number of benzene rings is 3. The second-order valence-electron chi connectivity index (χ2n) is 8.17. The molecule has 0 amide bonds. The van der Waals surface area contributed by atoms with Gasteiger partial charge >= 0.3 is 17.9 Å². The van der Waals surface area contributed by atoms with Gasteiger partial charge in [-0.05, 0) is 79.7 Å². The third-order valence-corrected chi connectivity index (χ3v) is 5.07. The molecule has 0 aromatic heterocycles. The van der Waals surface area contributed by atoms with Gasteiger partial charge in [-0.1, -0.05) is 0 Å². The predicted molar refractivity (Wildman–Crippen MR) is 125 cm³/mol. The Labute approximate surface area is 201 Å². The quantitative estimate of drug-likeness (QED) is 0.346. The fourth-order valence-corrected chi connectivity index (χ4v) is 2.98. The van der Waals surface area contributed by atoms with Crippen molar-refractivity contribution < 1.29 is 43.9 Å². The Bertz CT molecular complexity index is 1020. The van der Waals surface area contributed by atoms with E-state index in [1.54, 1.807) is 36.4 Å². The summed E-state index contributed by atoms with van der Waals surface area (Å²) in [5.74, 6) is -1.70. The minimum absolute atomic E-state index is 0.140. The molecule has 0 radical (unpaired) electrons. The summed E-state index contributed by atoms with van der Waals surface area (Å²) in [5.41, 5.74) is -0.272. The number of carboxylic acid groups (broad SMARTS) is 3. The summed E-state index contributed by atoms with van der Waals surface area (Å²) < 4.78 is 17.6. The SMILES string of the molecule is CC(COc1ccc(C(=O)O)cc1)(COc1ccc(C(=O)O)cc1)COc1ccc(C(=O)O)cc1. The van der Waals surface area contributed by atoms with Gasteiger partial charge in [0.05, 0.1) is 22.1 Å². The van der Waals surface area contributed by atoms with Crippen molar-refractivity contribution in [1.82, 2.24) is 0 Å². The highest BCUT2D eigenvalue weighted by Gasteiger charge is 2.29. The van der Waals surface area contributed by atoms with Crippen LogP contribution in [0.5, 0.6) is 17.2 Å². The van der Waals surface area contributed by atoms with Crippen molar-refractivity contribution >= 4 is 17.9 Å². The van der Waals surface area contributed by atoms with Crippen LogP contribution in [0, 0.1) is 5.41 Å². The Morgan fingerprint density at radius 3 is 0.971 bits per heavy atom. The molecule has 0 saturated heterocycles. The highest BCUT2D eigenvalue weighted by atomic mass is 16.5. The van der Waals surface area contributed by atoms with E-state index in [2.05, 4.69) is 0 Å². The Morgan fingerprint density at radius 2 is 0.771 bits per heavy atom. The van der Waals surface area contributed by atoms with Gasteiger partial charge in [-0.25, -0.2) is 14.4 Å². The molecule has 0 bridgehead atoms. The Morgan fingerprint density at radius 1 is 0.543 bits per heavy atom. The van der Waals surface area contributed by atoms with Crippen molar-refractivity contribution in [2.45, 2.75) is 6.92 Å². The van der Waals surface area contributed by atoms with Crippen LogP contribution in [0.15, 0.2) is 72.8 Å². The number of hydrogen-bond donors (Lipinski definition) is 3. The molecular formula is C26H24O9. The summed E-state index contributed by atoms with van der Waals surface area (Å²) in [4.78, 5) is 33.1. The molecule has 0 saturated carbocycles. The summed E-state index contributed by atoms with van der Waals surface area (Å²) in [6.45, 7) is 2.33. The molecule has 3 rings (SSSR count). The number of ether oxygens (including phenoxy) is 3. The van der Waals surface area contributed by atoms with Crippen molar-refractivity contribution in [3.8, 4) is 17.2 Å². The minimum atomic E-state index is -1.04. The maximum absolute atomic E-state index is 11.0. The molecule has 9 heteroatoms. The van der Waals surface area contributed by atoms with Gasteiger partial charge in [-0.3, -0.25) is 0 Å². The molecule has 0 heterocycles. The molecule has 0 aliphatic rings. The first-order valence-corrected chi connectivity index (χ1v) is 10.5. The van der Waals surface area contributed by atoms with E-state index in [0.29, 0.717) is 17.2 Å². The standard InChI is InChI=1S/C26H24O9/c1-26(14-33-20-8-2-17(3-9-20)23(27)28,15-34-21-10-4-18(5-11-21)24(29)30)16-35-22-12-6-19(7-13-22)25(31)32/h2-13H,14-16H2,1H3,(H,27,28)(H,29,30)(H,31,32). The van der Waals surface area contributed by atoms with Crippen molar-refractivity contribution in [3.63, 3.8) is 0 Å². The number of rotatable bonds is 12. The van der Waals surface area contributed by atoms with E-state index in [0.717, 1.165) is 0 Å². The zero-order valence-corrected chi connectivity index (χ0v) is 18.8. The lowest BCUT2D eigenvalue weighted by molar-refractivity contribution is 0.0473. The summed E-state index contributed by atoms with van der Waals surface area (Å²) in [5, 5.41) is 27.1. The largest absolute Gasteiger partial charge is 0.493 e. The van der Waals surface area contributed by atoms with E-state index in [4.69, 9.17) is 29.5 Å². The Balaban J connectivity index is 1.70. The summed E-state index contributed by atoms with van der Waals surface area (Å²) in [7, 11) is 0. The maximum atomic E-state index is 11.0. The normalized spacial score (nSPS) is 10.9. The number of hydrogen-bond acceptors (Lipinski definition) is 6. The average molecular weight is 480 g/mol. The minimum Gasteiger partial charge on any atom is -0.493 e. The van der Waals surface area contributed by atoms with Gasteiger partial charge < -0.3 is 29.5 Å². The van der Waals surface area contributed by atoms with E-state index in [1.165, 1.54) is 36.4 Å². The lowest BCUT2D eigenvalue weighted by atomic mass is 9.94. The second-order valence-corrected chi connectivity index (χ2v) is 8.17. The summed E-state index contributed by atoms with van der Waals surface area (Å²) in [6.07, 6.45) is 0. The number of aromatic carboxylic acids is 3. The predicted octanol–water partition coefficient (Wildman–Crippen LogP) is 4.32. The Kier molecular flexibility index (Phi) is 7.93. The van der Waals surface area contributed by atoms with Crippen LogP contribution in [0.2, 0.25) is 0 Å². The molecule has 0 spiro atoms. The molecule has 9 nitrogen and oxygen atoms in total. The van der Waals surface area contributed by atoms with E-state index >= 15 is 0 Å². The van der Waals surface area contributed by atoms with Crippen molar-refractivity contribution in [2.75, 3.05) is 19.8 Å². The van der Waals surface area contributed by atoms with Gasteiger partial charge in [0.2, 0.25) is 0 Å². The van der Waals surface area contributed by atoms with Crippen LogP contribution in [0.3, 0.4) is 0 Å². The van der Waals surface area contributed by atoms with Crippen LogP contribution < -0.4 is 14.2 Å². The number of carboxylic acids is 3. The van der Waals surface area contributed by atoms with Gasteiger partial charge in [0.25, 0.3) is 0 Å². The summed E-state index contributed by atoms with van der Waals surface area (Å²) in [6, 6.07) is 18.0. The number of carbonyl (C=O) groups is 3. The smallest absolute Gasteiger partial charge is 0.335 e. The zero-order chi connectivity index (χ0) is 25.4. The molecular weight excluding hydrogens is 456 g/mol. The first kappa shape index (κ1) is 25.1. The van der Waals surface area contributed by atoms with E-state index in [1.807, 2.05) is 6.92 Å². The molecule has 0 atom stereocenters. The molecule has 35 heavy (non-hydrogen) atoms. The van der Waals surface area contributed by atoms with Crippen LogP contribution in [0.25, 0.3) is 0 Å². The van der Waals surface area contributed by atoms with Gasteiger partial charge in [-0.2, -0.15) is 0 Å². The molecule has 182 valence electrons. The van der Waals surface area contributed by atoms with E-state index < -0.39 is 23.3 Å². The highest BCUT2D eigenvalue weighted by Crippen LogP contribution is 2.25. The molecule has 0 aliphatic heterocycles. The monoisotopic (exact) mass is 480 g/mol. The highest BCUT2D eigenvalue weighted by molar-refractivity contribution is 5.88. The molecule has 3 aromatic rings. The second kappa shape index (κ2) is 11.1. The molecule has 3 aromatic carbocycles. The van der Waals surface area contributed by atoms with Gasteiger partial charge in [0, 0.05) is 0 Å². The maximum Gasteiger partial charge on any atom is 0.335 e. The fourth-order valence-electron chi connectivity index (χ4n) is 2.98. The van der Waals surface area contributed by atoms with Gasteiger partial charge in [-0.15, -0.1) is 0 Å². The van der Waals surface area contributed by atoms with E-state index in [9.17, 15) is 14.4 Å². The lowest BCUT2D eigenvalue weighted by Crippen LogP contribution is -2.37. The summed E-state index contributed by atoms with van der Waals surface area (Å²) >= 11 is 0. The fraction of sp³-hybridized carbons (Fsp3) is 0.192. The lowest BCUT2D eigenvalue weighted by Gasteiger charge is -2.29. The third kappa shape index (κ3) is 7.23. The van der Waals surface area contributed by atoms with Crippen LogP contribution >= 0.6 is 0 Å². The molecule has 0 fully saturated rings. The third-order valence-electron chi connectivity index (χ3n) is 5.07. The van der Waals surface area contributed by atoms with Crippen molar-refractivity contribution in [3.05, 3.63) is 89.5 Å². The van der Waals surface area contributed by atoms with Crippen LogP contribution in [-0.2, 0) is 0 Å². The molecule has 3 N–H and O–H groups in total.